The molecule has 4 aromatic rings. The number of nitrogen functional groups attached to an aromatic ring is 1. The SMILES string of the molecule is COc1ccc2cc([C@@]3(C)NC(=O)N(Cc4nc(N)nc(Nc5ccc(C)cc5)n4)C3=O)ccc2c1. The van der Waals surface area contributed by atoms with Gasteiger partial charge in [-0.2, -0.15) is 15.0 Å². The third-order valence-electron chi connectivity index (χ3n) is 6.21. The molecule has 0 saturated carbocycles. The lowest BCUT2D eigenvalue weighted by molar-refractivity contribution is -0.131. The van der Waals surface area contributed by atoms with Crippen molar-refractivity contribution < 1.29 is 14.3 Å². The number of anilines is 3. The van der Waals surface area contributed by atoms with Crippen LogP contribution in [0.1, 0.15) is 23.9 Å². The second kappa shape index (κ2) is 8.81. The first-order valence-electron chi connectivity index (χ1n) is 11.3. The molecule has 10 heteroatoms. The van der Waals surface area contributed by atoms with E-state index in [2.05, 4.69) is 25.6 Å². The molecule has 1 aromatic heterocycles. The first kappa shape index (κ1) is 23.0. The van der Waals surface area contributed by atoms with Crippen LogP contribution in [-0.4, -0.2) is 38.9 Å². The van der Waals surface area contributed by atoms with E-state index in [9.17, 15) is 9.59 Å². The second-order valence-electron chi connectivity index (χ2n) is 8.80. The summed E-state index contributed by atoms with van der Waals surface area (Å²) in [4.78, 5) is 40.0. The van der Waals surface area contributed by atoms with Gasteiger partial charge in [0.1, 0.15) is 11.3 Å². The Hall–Kier alpha value is -4.73. The van der Waals surface area contributed by atoms with Crippen LogP contribution in [-0.2, 0) is 16.9 Å². The van der Waals surface area contributed by atoms with E-state index in [1.807, 2.05) is 67.6 Å². The van der Waals surface area contributed by atoms with Crippen molar-refractivity contribution in [1.29, 1.82) is 0 Å². The number of ether oxygens (including phenoxy) is 1. The number of nitrogens with zero attached hydrogens (tertiary/aromatic N) is 4. The maximum Gasteiger partial charge on any atom is 0.325 e. The van der Waals surface area contributed by atoms with Gasteiger partial charge in [-0.3, -0.25) is 9.69 Å². The van der Waals surface area contributed by atoms with E-state index in [1.165, 1.54) is 0 Å². The van der Waals surface area contributed by atoms with Crippen molar-refractivity contribution in [3.63, 3.8) is 0 Å². The summed E-state index contributed by atoms with van der Waals surface area (Å²) >= 11 is 0. The number of methoxy groups -OCH3 is 1. The van der Waals surface area contributed by atoms with E-state index in [0.29, 0.717) is 5.56 Å². The number of nitrogens with one attached hydrogen (secondary N) is 2. The molecule has 36 heavy (non-hydrogen) atoms. The monoisotopic (exact) mass is 483 g/mol. The first-order valence-corrected chi connectivity index (χ1v) is 11.3. The molecule has 2 heterocycles. The lowest BCUT2D eigenvalue weighted by Gasteiger charge is -2.22. The van der Waals surface area contributed by atoms with Gasteiger partial charge >= 0.3 is 6.03 Å². The highest BCUT2D eigenvalue weighted by molar-refractivity contribution is 6.07. The lowest BCUT2D eigenvalue weighted by atomic mass is 9.90. The minimum atomic E-state index is -1.24. The molecule has 1 fully saturated rings. The predicted octanol–water partition coefficient (Wildman–Crippen LogP) is 3.63. The van der Waals surface area contributed by atoms with Crippen molar-refractivity contribution in [2.24, 2.45) is 0 Å². The van der Waals surface area contributed by atoms with Gasteiger partial charge < -0.3 is 21.1 Å². The van der Waals surface area contributed by atoms with Gasteiger partial charge in [-0.1, -0.05) is 35.9 Å². The largest absolute Gasteiger partial charge is 0.497 e. The van der Waals surface area contributed by atoms with E-state index >= 15 is 0 Å². The number of urea groups is 1. The molecule has 0 aliphatic carbocycles. The van der Waals surface area contributed by atoms with E-state index < -0.39 is 17.5 Å². The Morgan fingerprint density at radius 1 is 1.00 bits per heavy atom. The molecule has 0 unspecified atom stereocenters. The number of imide groups is 1. The van der Waals surface area contributed by atoms with E-state index in [0.717, 1.165) is 32.7 Å². The summed E-state index contributed by atoms with van der Waals surface area (Å²) in [5.41, 5.74) is 7.19. The maximum atomic E-state index is 13.5. The van der Waals surface area contributed by atoms with Gasteiger partial charge in [-0.15, -0.1) is 0 Å². The van der Waals surface area contributed by atoms with Crippen LogP contribution >= 0.6 is 0 Å². The number of carbonyl (C=O) groups is 2. The summed E-state index contributed by atoms with van der Waals surface area (Å²) in [6.45, 7) is 3.52. The topological polar surface area (TPSA) is 135 Å². The van der Waals surface area contributed by atoms with Crippen molar-refractivity contribution in [2.75, 3.05) is 18.2 Å². The zero-order valence-corrected chi connectivity index (χ0v) is 20.1. The van der Waals surface area contributed by atoms with Crippen molar-refractivity contribution in [2.45, 2.75) is 25.9 Å². The Labute approximate surface area is 207 Å². The van der Waals surface area contributed by atoms with Crippen molar-refractivity contribution >= 4 is 40.3 Å². The number of aromatic nitrogens is 3. The summed E-state index contributed by atoms with van der Waals surface area (Å²) < 4.78 is 5.28. The summed E-state index contributed by atoms with van der Waals surface area (Å²) in [6.07, 6.45) is 0. The molecular weight excluding hydrogens is 458 g/mol. The van der Waals surface area contributed by atoms with E-state index in [4.69, 9.17) is 10.5 Å². The lowest BCUT2D eigenvalue weighted by Crippen LogP contribution is -2.40. The molecule has 3 aromatic carbocycles. The summed E-state index contributed by atoms with van der Waals surface area (Å²) in [6, 6.07) is 18.4. The summed E-state index contributed by atoms with van der Waals surface area (Å²) in [5, 5.41) is 7.78. The van der Waals surface area contributed by atoms with Crippen LogP contribution in [0.5, 0.6) is 5.75 Å². The number of nitrogens with two attached hydrogens (primary N) is 1. The van der Waals surface area contributed by atoms with Crippen LogP contribution in [0.3, 0.4) is 0 Å². The van der Waals surface area contributed by atoms with Gasteiger partial charge in [0, 0.05) is 5.69 Å². The molecule has 1 saturated heterocycles. The highest BCUT2D eigenvalue weighted by Crippen LogP contribution is 2.32. The van der Waals surface area contributed by atoms with Gasteiger partial charge in [0.25, 0.3) is 5.91 Å². The predicted molar refractivity (Wildman–Crippen MR) is 136 cm³/mol. The van der Waals surface area contributed by atoms with Crippen LogP contribution in [0.25, 0.3) is 10.8 Å². The third-order valence-corrected chi connectivity index (χ3v) is 6.21. The number of carbonyl (C=O) groups excluding carboxylic acids is 2. The molecule has 1 aliphatic rings. The van der Waals surface area contributed by atoms with Crippen molar-refractivity contribution in [3.8, 4) is 5.75 Å². The van der Waals surface area contributed by atoms with Crippen LogP contribution in [0.2, 0.25) is 0 Å². The minimum absolute atomic E-state index is 0.0191. The van der Waals surface area contributed by atoms with E-state index in [-0.39, 0.29) is 24.3 Å². The fourth-order valence-electron chi connectivity index (χ4n) is 4.17. The number of benzene rings is 3. The molecule has 0 spiro atoms. The Kier molecular flexibility index (Phi) is 5.63. The van der Waals surface area contributed by atoms with Crippen LogP contribution < -0.4 is 21.1 Å². The molecule has 10 nitrogen and oxygen atoms in total. The average molecular weight is 484 g/mol. The standard InChI is InChI=1S/C26H25N7O3/c1-15-4-9-19(10-5-15)28-24-30-21(29-23(27)31-24)14-33-22(34)26(2,32-25(33)35)18-8-6-17-13-20(36-3)11-7-16(17)12-18/h4-13H,14H2,1-3H3,(H,32,35)(H3,27,28,29,30,31)/t26-/m1/s1. The van der Waals surface area contributed by atoms with Crippen molar-refractivity contribution in [1.82, 2.24) is 25.2 Å². The Bertz CT molecular complexity index is 1490. The molecule has 1 atom stereocenters. The molecule has 182 valence electrons. The van der Waals surface area contributed by atoms with Crippen LogP contribution in [0.4, 0.5) is 22.4 Å². The Morgan fingerprint density at radius 2 is 1.72 bits per heavy atom. The molecule has 5 rings (SSSR count). The summed E-state index contributed by atoms with van der Waals surface area (Å²) in [5.74, 6) is 0.726. The number of aryl methyl sites for hydroxylation is 1. The van der Waals surface area contributed by atoms with Crippen molar-refractivity contribution in [3.05, 3.63) is 77.6 Å². The highest BCUT2D eigenvalue weighted by atomic mass is 16.5. The first-order chi connectivity index (χ1) is 17.2. The van der Waals surface area contributed by atoms with Crippen LogP contribution in [0, 0.1) is 6.92 Å². The molecule has 1 aliphatic heterocycles. The van der Waals surface area contributed by atoms with Gasteiger partial charge in [0.2, 0.25) is 11.9 Å². The second-order valence-corrected chi connectivity index (χ2v) is 8.80. The zero-order chi connectivity index (χ0) is 25.4. The molecule has 0 bridgehead atoms. The highest BCUT2D eigenvalue weighted by Gasteiger charge is 2.49. The Morgan fingerprint density at radius 3 is 2.47 bits per heavy atom. The molecule has 4 N–H and O–H groups in total. The number of fused-ring (bicyclic) bond motifs is 1. The zero-order valence-electron chi connectivity index (χ0n) is 20.1. The maximum absolute atomic E-state index is 13.5. The molecule has 0 radical (unpaired) electrons. The normalized spacial score (nSPS) is 17.4. The summed E-state index contributed by atoms with van der Waals surface area (Å²) in [7, 11) is 1.61. The van der Waals surface area contributed by atoms with Crippen LogP contribution in [0.15, 0.2) is 60.7 Å². The van der Waals surface area contributed by atoms with E-state index in [1.54, 1.807) is 14.0 Å². The fraction of sp³-hybridized carbons (Fsp3) is 0.192. The molecular formula is C26H25N7O3. The number of hydrogen-bond donors (Lipinski definition) is 3. The third kappa shape index (κ3) is 4.24. The average Bonchev–Trinajstić information content (AvgIpc) is 3.08. The fourth-order valence-corrected chi connectivity index (χ4v) is 4.17. The quantitative estimate of drug-likeness (QED) is 0.354. The minimum Gasteiger partial charge on any atom is -0.497 e. The smallest absolute Gasteiger partial charge is 0.325 e. The van der Waals surface area contributed by atoms with Gasteiger partial charge in [-0.25, -0.2) is 4.79 Å². The van der Waals surface area contributed by atoms with Gasteiger partial charge in [-0.05, 0) is 60.5 Å². The van der Waals surface area contributed by atoms with Gasteiger partial charge in [0.15, 0.2) is 5.82 Å². The Balaban J connectivity index is 1.39. The number of amides is 3. The molecule has 3 amide bonds. The number of rotatable bonds is 6. The van der Waals surface area contributed by atoms with Gasteiger partial charge in [0.05, 0.1) is 13.7 Å². The number of hydrogen-bond acceptors (Lipinski definition) is 8.